The molecular weight excluding hydrogens is 298 g/mol. The lowest BCUT2D eigenvalue weighted by Crippen LogP contribution is -2.30. The standard InChI is InChI=1S/C18H20ClNO2/c1-11-5-8-17(13(3)9-11)20-18(21)14(4)22-15-6-7-16(19)12(2)10-15/h5-10,14H,1-4H3,(H,20,21)/t14-/m0/s1. The summed E-state index contributed by atoms with van der Waals surface area (Å²) in [4.78, 5) is 12.2. The van der Waals surface area contributed by atoms with E-state index in [2.05, 4.69) is 5.32 Å². The molecule has 3 nitrogen and oxygen atoms in total. The first kappa shape index (κ1) is 16.4. The molecule has 0 radical (unpaired) electrons. The molecule has 22 heavy (non-hydrogen) atoms. The maximum absolute atomic E-state index is 12.2. The molecule has 1 amide bonds. The van der Waals surface area contributed by atoms with Gasteiger partial charge in [0.15, 0.2) is 6.10 Å². The smallest absolute Gasteiger partial charge is 0.265 e. The van der Waals surface area contributed by atoms with Gasteiger partial charge in [-0.25, -0.2) is 0 Å². The average Bonchev–Trinajstić information content (AvgIpc) is 2.45. The van der Waals surface area contributed by atoms with Crippen molar-refractivity contribution in [3.8, 4) is 5.75 Å². The molecule has 0 heterocycles. The van der Waals surface area contributed by atoms with Crippen LogP contribution < -0.4 is 10.1 Å². The second-order valence-corrected chi connectivity index (χ2v) is 5.89. The van der Waals surface area contributed by atoms with E-state index in [1.165, 1.54) is 0 Å². The number of ether oxygens (including phenoxy) is 1. The van der Waals surface area contributed by atoms with E-state index in [-0.39, 0.29) is 5.91 Å². The third kappa shape index (κ3) is 4.01. The van der Waals surface area contributed by atoms with Crippen molar-refractivity contribution in [1.82, 2.24) is 0 Å². The SMILES string of the molecule is Cc1ccc(NC(=O)[C@H](C)Oc2ccc(Cl)c(C)c2)c(C)c1. The van der Waals surface area contributed by atoms with Crippen LogP contribution in [0.3, 0.4) is 0 Å². The van der Waals surface area contributed by atoms with Gasteiger partial charge in [0.2, 0.25) is 0 Å². The van der Waals surface area contributed by atoms with Crippen molar-refractivity contribution in [2.45, 2.75) is 33.8 Å². The van der Waals surface area contributed by atoms with Gasteiger partial charge in [0.25, 0.3) is 5.91 Å². The minimum atomic E-state index is -0.596. The average molecular weight is 318 g/mol. The molecule has 0 aromatic heterocycles. The summed E-state index contributed by atoms with van der Waals surface area (Å²) in [6, 6.07) is 11.3. The number of rotatable bonds is 4. The molecule has 0 saturated carbocycles. The Balaban J connectivity index is 2.04. The topological polar surface area (TPSA) is 38.3 Å². The number of carbonyl (C=O) groups is 1. The van der Waals surface area contributed by atoms with Crippen LogP contribution in [0, 0.1) is 20.8 Å². The molecule has 0 aliphatic rings. The Labute approximate surface area is 136 Å². The van der Waals surface area contributed by atoms with E-state index in [4.69, 9.17) is 16.3 Å². The molecule has 2 aromatic carbocycles. The number of nitrogens with one attached hydrogen (secondary N) is 1. The molecule has 0 saturated heterocycles. The van der Waals surface area contributed by atoms with Gasteiger partial charge >= 0.3 is 0 Å². The Kier molecular flexibility index (Phi) is 5.09. The summed E-state index contributed by atoms with van der Waals surface area (Å²) >= 11 is 5.98. The number of hydrogen-bond acceptors (Lipinski definition) is 2. The summed E-state index contributed by atoms with van der Waals surface area (Å²) in [6.07, 6.45) is -0.596. The van der Waals surface area contributed by atoms with Crippen molar-refractivity contribution in [3.05, 3.63) is 58.1 Å². The van der Waals surface area contributed by atoms with Gasteiger partial charge in [-0.05, 0) is 63.1 Å². The zero-order valence-electron chi connectivity index (χ0n) is 13.2. The van der Waals surface area contributed by atoms with Gasteiger partial charge in [0.1, 0.15) is 5.75 Å². The molecule has 0 spiro atoms. The van der Waals surface area contributed by atoms with Gasteiger partial charge in [0, 0.05) is 10.7 Å². The summed E-state index contributed by atoms with van der Waals surface area (Å²) < 4.78 is 5.68. The molecule has 0 bridgehead atoms. The lowest BCUT2D eigenvalue weighted by Gasteiger charge is -2.16. The van der Waals surface area contributed by atoms with Crippen LogP contribution in [0.4, 0.5) is 5.69 Å². The second kappa shape index (κ2) is 6.84. The summed E-state index contributed by atoms with van der Waals surface area (Å²) in [7, 11) is 0. The van der Waals surface area contributed by atoms with Crippen LogP contribution in [0.2, 0.25) is 5.02 Å². The van der Waals surface area contributed by atoms with Crippen LogP contribution in [-0.4, -0.2) is 12.0 Å². The van der Waals surface area contributed by atoms with E-state index in [0.29, 0.717) is 10.8 Å². The van der Waals surface area contributed by atoms with E-state index in [1.54, 1.807) is 19.1 Å². The molecule has 0 aliphatic carbocycles. The van der Waals surface area contributed by atoms with Crippen molar-refractivity contribution < 1.29 is 9.53 Å². The normalized spacial score (nSPS) is 11.9. The summed E-state index contributed by atoms with van der Waals surface area (Å²) in [5.41, 5.74) is 3.92. The summed E-state index contributed by atoms with van der Waals surface area (Å²) in [5, 5.41) is 3.57. The molecule has 2 aromatic rings. The molecule has 1 atom stereocenters. The van der Waals surface area contributed by atoms with Crippen molar-refractivity contribution in [2.75, 3.05) is 5.32 Å². The fraction of sp³-hybridized carbons (Fsp3) is 0.278. The van der Waals surface area contributed by atoms with Crippen LogP contribution >= 0.6 is 11.6 Å². The lowest BCUT2D eigenvalue weighted by atomic mass is 10.1. The number of halogens is 1. The van der Waals surface area contributed by atoms with Crippen LogP contribution in [0.1, 0.15) is 23.6 Å². The first-order chi connectivity index (χ1) is 10.4. The Morgan fingerprint density at radius 1 is 1.09 bits per heavy atom. The number of amides is 1. The van der Waals surface area contributed by atoms with Crippen molar-refractivity contribution in [1.29, 1.82) is 0 Å². The molecule has 4 heteroatoms. The highest BCUT2D eigenvalue weighted by Gasteiger charge is 2.16. The highest BCUT2D eigenvalue weighted by Crippen LogP contribution is 2.22. The third-order valence-corrected chi connectivity index (χ3v) is 3.88. The third-order valence-electron chi connectivity index (χ3n) is 3.45. The van der Waals surface area contributed by atoms with Crippen molar-refractivity contribution in [2.24, 2.45) is 0 Å². The number of benzene rings is 2. The Hall–Kier alpha value is -2.00. The Bertz CT molecular complexity index is 697. The van der Waals surface area contributed by atoms with E-state index in [1.807, 2.05) is 45.0 Å². The molecule has 0 fully saturated rings. The number of anilines is 1. The number of carbonyl (C=O) groups excluding carboxylic acids is 1. The minimum Gasteiger partial charge on any atom is -0.481 e. The molecule has 0 unspecified atom stereocenters. The molecule has 1 N–H and O–H groups in total. The highest BCUT2D eigenvalue weighted by atomic mass is 35.5. The van der Waals surface area contributed by atoms with Crippen LogP contribution in [0.5, 0.6) is 5.75 Å². The van der Waals surface area contributed by atoms with E-state index >= 15 is 0 Å². The predicted molar refractivity (Wildman–Crippen MR) is 90.8 cm³/mol. The zero-order chi connectivity index (χ0) is 16.3. The van der Waals surface area contributed by atoms with Crippen molar-refractivity contribution in [3.63, 3.8) is 0 Å². The van der Waals surface area contributed by atoms with E-state index in [0.717, 1.165) is 22.4 Å². The predicted octanol–water partition coefficient (Wildman–Crippen LogP) is 4.67. The monoisotopic (exact) mass is 317 g/mol. The van der Waals surface area contributed by atoms with Gasteiger partial charge in [-0.2, -0.15) is 0 Å². The zero-order valence-corrected chi connectivity index (χ0v) is 14.0. The second-order valence-electron chi connectivity index (χ2n) is 5.48. The van der Waals surface area contributed by atoms with Gasteiger partial charge < -0.3 is 10.1 Å². The maximum Gasteiger partial charge on any atom is 0.265 e. The molecular formula is C18H20ClNO2. The van der Waals surface area contributed by atoms with Gasteiger partial charge in [0.05, 0.1) is 0 Å². The number of aryl methyl sites for hydroxylation is 3. The molecule has 116 valence electrons. The first-order valence-electron chi connectivity index (χ1n) is 7.18. The Morgan fingerprint density at radius 2 is 1.82 bits per heavy atom. The van der Waals surface area contributed by atoms with Crippen LogP contribution in [0.15, 0.2) is 36.4 Å². The Morgan fingerprint density at radius 3 is 2.45 bits per heavy atom. The molecule has 2 rings (SSSR count). The van der Waals surface area contributed by atoms with E-state index in [9.17, 15) is 4.79 Å². The largest absolute Gasteiger partial charge is 0.481 e. The summed E-state index contributed by atoms with van der Waals surface area (Å²) in [6.45, 7) is 7.61. The fourth-order valence-corrected chi connectivity index (χ4v) is 2.25. The minimum absolute atomic E-state index is 0.181. The van der Waals surface area contributed by atoms with Crippen LogP contribution in [0.25, 0.3) is 0 Å². The van der Waals surface area contributed by atoms with Crippen molar-refractivity contribution >= 4 is 23.2 Å². The highest BCUT2D eigenvalue weighted by molar-refractivity contribution is 6.31. The lowest BCUT2D eigenvalue weighted by molar-refractivity contribution is -0.122. The molecule has 0 aliphatic heterocycles. The fourth-order valence-electron chi connectivity index (χ4n) is 2.14. The van der Waals surface area contributed by atoms with E-state index < -0.39 is 6.10 Å². The summed E-state index contributed by atoms with van der Waals surface area (Å²) in [5.74, 6) is 0.449. The first-order valence-corrected chi connectivity index (χ1v) is 7.55. The van der Waals surface area contributed by atoms with Gasteiger partial charge in [-0.15, -0.1) is 0 Å². The quantitative estimate of drug-likeness (QED) is 0.889. The van der Waals surface area contributed by atoms with Crippen LogP contribution in [-0.2, 0) is 4.79 Å². The maximum atomic E-state index is 12.2. The van der Waals surface area contributed by atoms with Gasteiger partial charge in [-0.3, -0.25) is 4.79 Å². The van der Waals surface area contributed by atoms with Gasteiger partial charge in [-0.1, -0.05) is 29.3 Å². The number of hydrogen-bond donors (Lipinski definition) is 1.